The van der Waals surface area contributed by atoms with Crippen LogP contribution in [0.2, 0.25) is 0 Å². The Labute approximate surface area is 186 Å². The van der Waals surface area contributed by atoms with Crippen LogP contribution in [0.5, 0.6) is 0 Å². The predicted molar refractivity (Wildman–Crippen MR) is 129 cm³/mol. The minimum atomic E-state index is -0.358. The highest BCUT2D eigenvalue weighted by Gasteiger charge is 2.20. The number of hydrogen-bond acceptors (Lipinski definition) is 3. The zero-order valence-corrected chi connectivity index (χ0v) is 17.6. The van der Waals surface area contributed by atoms with Gasteiger partial charge in [0.1, 0.15) is 5.82 Å². The number of nitrogens with zero attached hydrogens (tertiary/aromatic N) is 1. The Balaban J connectivity index is 1.56. The average molecular weight is 426 g/mol. The van der Waals surface area contributed by atoms with Gasteiger partial charge >= 0.3 is 0 Å². The van der Waals surface area contributed by atoms with Crippen molar-refractivity contribution in [2.24, 2.45) is 0 Å². The van der Waals surface area contributed by atoms with Crippen LogP contribution < -0.4 is 15.5 Å². The molecule has 5 rings (SSSR count). The summed E-state index contributed by atoms with van der Waals surface area (Å²) in [5.41, 5.74) is 3.24. The molecule has 1 aliphatic rings. The van der Waals surface area contributed by atoms with Gasteiger partial charge < -0.3 is 15.5 Å². The summed E-state index contributed by atoms with van der Waals surface area (Å²) < 4.78 is 15.2. The number of piperazine rings is 1. The van der Waals surface area contributed by atoms with E-state index in [9.17, 15) is 4.79 Å². The van der Waals surface area contributed by atoms with Gasteiger partial charge in [0.2, 0.25) is 0 Å². The van der Waals surface area contributed by atoms with E-state index in [-0.39, 0.29) is 11.7 Å². The van der Waals surface area contributed by atoms with E-state index in [0.29, 0.717) is 16.8 Å². The van der Waals surface area contributed by atoms with E-state index in [1.807, 2.05) is 72.8 Å². The molecule has 0 atom stereocenters. The maximum Gasteiger partial charge on any atom is 0.256 e. The van der Waals surface area contributed by atoms with Gasteiger partial charge in [0.25, 0.3) is 5.91 Å². The second kappa shape index (κ2) is 8.81. The normalized spacial score (nSPS) is 13.8. The van der Waals surface area contributed by atoms with Crippen LogP contribution in [0.3, 0.4) is 0 Å². The van der Waals surface area contributed by atoms with Crippen LogP contribution in [0.4, 0.5) is 15.8 Å². The maximum absolute atomic E-state index is 15.2. The molecule has 0 unspecified atom stereocenters. The highest BCUT2D eigenvalue weighted by molar-refractivity contribution is 6.14. The molecule has 1 aliphatic heterocycles. The van der Waals surface area contributed by atoms with E-state index < -0.39 is 0 Å². The van der Waals surface area contributed by atoms with E-state index in [4.69, 9.17) is 0 Å². The van der Waals surface area contributed by atoms with Crippen molar-refractivity contribution >= 4 is 28.1 Å². The monoisotopic (exact) mass is 425 g/mol. The lowest BCUT2D eigenvalue weighted by molar-refractivity contribution is 0.102. The Morgan fingerprint density at radius 2 is 1.59 bits per heavy atom. The predicted octanol–water partition coefficient (Wildman–Crippen LogP) is 5.31. The summed E-state index contributed by atoms with van der Waals surface area (Å²) in [5.74, 6) is -0.603. The summed E-state index contributed by atoms with van der Waals surface area (Å²) in [4.78, 5) is 15.5. The van der Waals surface area contributed by atoms with Crippen molar-refractivity contribution < 1.29 is 9.18 Å². The number of rotatable bonds is 4. The quantitative estimate of drug-likeness (QED) is 0.466. The van der Waals surface area contributed by atoms with E-state index in [0.717, 1.165) is 48.2 Å². The molecule has 0 aliphatic carbocycles. The molecule has 160 valence electrons. The first-order chi connectivity index (χ1) is 15.7. The molecular formula is C27H24FN3O. The number of anilines is 2. The van der Waals surface area contributed by atoms with Crippen LogP contribution in [0.1, 0.15) is 10.4 Å². The molecule has 0 radical (unpaired) electrons. The largest absolute Gasteiger partial charge is 0.367 e. The SMILES string of the molecule is O=C(Nc1cc(F)c(-c2ccccc2)cc1N1CCNCC1)c1cccc2ccccc12. The lowest BCUT2D eigenvalue weighted by Gasteiger charge is -2.31. The molecule has 4 aromatic rings. The first-order valence-corrected chi connectivity index (χ1v) is 10.8. The van der Waals surface area contributed by atoms with Gasteiger partial charge in [-0.15, -0.1) is 0 Å². The summed E-state index contributed by atoms with van der Waals surface area (Å²) >= 11 is 0. The Morgan fingerprint density at radius 1 is 0.875 bits per heavy atom. The van der Waals surface area contributed by atoms with E-state index in [1.54, 1.807) is 6.07 Å². The van der Waals surface area contributed by atoms with Crippen molar-refractivity contribution in [1.29, 1.82) is 0 Å². The number of carbonyl (C=O) groups excluding carboxylic acids is 1. The number of hydrogen-bond donors (Lipinski definition) is 2. The fourth-order valence-electron chi connectivity index (χ4n) is 4.28. The Hall–Kier alpha value is -3.70. The fourth-order valence-corrected chi connectivity index (χ4v) is 4.28. The van der Waals surface area contributed by atoms with Gasteiger partial charge in [0.15, 0.2) is 0 Å². The van der Waals surface area contributed by atoms with Crippen LogP contribution in [0.25, 0.3) is 21.9 Å². The summed E-state index contributed by atoms with van der Waals surface area (Å²) in [6.45, 7) is 3.26. The zero-order chi connectivity index (χ0) is 21.9. The summed E-state index contributed by atoms with van der Waals surface area (Å²) in [6.07, 6.45) is 0. The minimum Gasteiger partial charge on any atom is -0.367 e. The van der Waals surface area contributed by atoms with Gasteiger partial charge in [-0.3, -0.25) is 4.79 Å². The van der Waals surface area contributed by atoms with Crippen molar-refractivity contribution in [2.75, 3.05) is 36.4 Å². The highest BCUT2D eigenvalue weighted by Crippen LogP contribution is 2.35. The summed E-state index contributed by atoms with van der Waals surface area (Å²) in [6, 6.07) is 26.2. The van der Waals surface area contributed by atoms with Crippen molar-refractivity contribution in [3.63, 3.8) is 0 Å². The molecule has 1 saturated heterocycles. The third-order valence-electron chi connectivity index (χ3n) is 5.91. The van der Waals surface area contributed by atoms with Crippen molar-refractivity contribution in [3.8, 4) is 11.1 Å². The van der Waals surface area contributed by atoms with Crippen LogP contribution in [0.15, 0.2) is 84.9 Å². The second-order valence-electron chi connectivity index (χ2n) is 7.93. The molecule has 4 aromatic carbocycles. The maximum atomic E-state index is 15.2. The minimum absolute atomic E-state index is 0.245. The smallest absolute Gasteiger partial charge is 0.256 e. The molecule has 1 fully saturated rings. The molecule has 0 aromatic heterocycles. The van der Waals surface area contributed by atoms with Crippen LogP contribution in [-0.2, 0) is 0 Å². The number of fused-ring (bicyclic) bond motifs is 1. The van der Waals surface area contributed by atoms with Crippen molar-refractivity contribution in [1.82, 2.24) is 5.32 Å². The molecule has 1 amide bonds. The first-order valence-electron chi connectivity index (χ1n) is 10.8. The molecule has 0 spiro atoms. The number of nitrogens with one attached hydrogen (secondary N) is 2. The molecule has 1 heterocycles. The zero-order valence-electron chi connectivity index (χ0n) is 17.6. The molecule has 5 heteroatoms. The van der Waals surface area contributed by atoms with Gasteiger partial charge in [0.05, 0.1) is 11.4 Å². The average Bonchev–Trinajstić information content (AvgIpc) is 2.85. The van der Waals surface area contributed by atoms with E-state index in [2.05, 4.69) is 15.5 Å². The van der Waals surface area contributed by atoms with E-state index >= 15 is 4.39 Å². The topological polar surface area (TPSA) is 44.4 Å². The second-order valence-corrected chi connectivity index (χ2v) is 7.93. The Kier molecular flexibility index (Phi) is 5.57. The van der Waals surface area contributed by atoms with Gasteiger partial charge in [-0.1, -0.05) is 66.7 Å². The summed E-state index contributed by atoms with van der Waals surface area (Å²) in [7, 11) is 0. The van der Waals surface area contributed by atoms with Gasteiger partial charge in [0, 0.05) is 43.4 Å². The van der Waals surface area contributed by atoms with Gasteiger partial charge in [-0.25, -0.2) is 4.39 Å². The van der Waals surface area contributed by atoms with Crippen molar-refractivity contribution in [3.05, 3.63) is 96.3 Å². The molecule has 0 saturated carbocycles. The number of carbonyl (C=O) groups is 1. The number of amides is 1. The molecule has 2 N–H and O–H groups in total. The lowest BCUT2D eigenvalue weighted by atomic mass is 10.0. The van der Waals surface area contributed by atoms with Gasteiger partial charge in [-0.2, -0.15) is 0 Å². The first kappa shape index (κ1) is 20.2. The number of halogens is 1. The van der Waals surface area contributed by atoms with Gasteiger partial charge in [-0.05, 0) is 28.5 Å². The van der Waals surface area contributed by atoms with Crippen LogP contribution in [0, 0.1) is 5.82 Å². The lowest BCUT2D eigenvalue weighted by Crippen LogP contribution is -2.43. The Bertz CT molecular complexity index is 1260. The number of benzene rings is 4. The van der Waals surface area contributed by atoms with Crippen LogP contribution >= 0.6 is 0 Å². The summed E-state index contributed by atoms with van der Waals surface area (Å²) in [5, 5.41) is 8.21. The third-order valence-corrected chi connectivity index (χ3v) is 5.91. The Morgan fingerprint density at radius 3 is 2.41 bits per heavy atom. The van der Waals surface area contributed by atoms with E-state index in [1.165, 1.54) is 6.07 Å². The highest BCUT2D eigenvalue weighted by atomic mass is 19.1. The molecular weight excluding hydrogens is 401 g/mol. The molecule has 0 bridgehead atoms. The standard InChI is InChI=1S/C27H24FN3O/c28-24-18-25(30-27(32)22-12-6-10-19-9-4-5-11-21(19)22)26(31-15-13-29-14-16-31)17-23(24)20-7-2-1-3-8-20/h1-12,17-18,29H,13-16H2,(H,30,32). The van der Waals surface area contributed by atoms with Crippen molar-refractivity contribution in [2.45, 2.75) is 0 Å². The van der Waals surface area contributed by atoms with Crippen LogP contribution in [-0.4, -0.2) is 32.1 Å². The fraction of sp³-hybridized carbons (Fsp3) is 0.148. The molecule has 32 heavy (non-hydrogen) atoms. The molecule has 4 nitrogen and oxygen atoms in total. The third kappa shape index (κ3) is 3.95.